The van der Waals surface area contributed by atoms with Crippen LogP contribution in [0.15, 0.2) is 30.5 Å². The first-order valence-corrected chi connectivity index (χ1v) is 9.64. The van der Waals surface area contributed by atoms with Crippen LogP contribution in [0.2, 0.25) is 0 Å². The fourth-order valence-electron chi connectivity index (χ4n) is 3.51. The number of halogens is 4. The van der Waals surface area contributed by atoms with Gasteiger partial charge in [0.25, 0.3) is 0 Å². The number of aromatic nitrogens is 4. The fraction of sp³-hybridized carbons (Fsp3) is 0.381. The van der Waals surface area contributed by atoms with Gasteiger partial charge in [0.2, 0.25) is 0 Å². The van der Waals surface area contributed by atoms with Gasteiger partial charge in [0.1, 0.15) is 18.1 Å². The van der Waals surface area contributed by atoms with Crippen molar-refractivity contribution in [1.29, 1.82) is 0 Å². The zero-order valence-corrected chi connectivity index (χ0v) is 17.6. The quantitative estimate of drug-likeness (QED) is 0.406. The Hall–Kier alpha value is -3.17. The van der Waals surface area contributed by atoms with E-state index in [1.807, 2.05) is 18.9 Å². The number of alkyl halides is 3. The van der Waals surface area contributed by atoms with Crippen molar-refractivity contribution in [2.24, 2.45) is 0 Å². The van der Waals surface area contributed by atoms with E-state index in [-0.39, 0.29) is 17.8 Å². The summed E-state index contributed by atoms with van der Waals surface area (Å²) in [5.74, 6) is -0.344. The minimum absolute atomic E-state index is 0.0177. The zero-order valence-electron chi connectivity index (χ0n) is 17.6. The van der Waals surface area contributed by atoms with Crippen LogP contribution in [0.25, 0.3) is 5.69 Å². The van der Waals surface area contributed by atoms with Crippen molar-refractivity contribution >= 4 is 12.0 Å². The molecule has 31 heavy (non-hydrogen) atoms. The SMILES string of the molecule is Cc1c(C(F)(F)F)nn(C(C=O)CCN(C)c2cnn(-c3ccc(F)cc3)c2C)c1C. The van der Waals surface area contributed by atoms with Crippen LogP contribution in [0.4, 0.5) is 23.2 Å². The number of carbonyl (C=O) groups excluding carboxylic acids is 1. The third kappa shape index (κ3) is 4.47. The second-order valence-corrected chi connectivity index (χ2v) is 7.42. The molecule has 0 bridgehead atoms. The smallest absolute Gasteiger partial charge is 0.372 e. The first-order valence-electron chi connectivity index (χ1n) is 9.64. The Labute approximate surface area is 177 Å². The molecule has 10 heteroatoms. The van der Waals surface area contributed by atoms with Crippen molar-refractivity contribution in [1.82, 2.24) is 19.6 Å². The van der Waals surface area contributed by atoms with Crippen molar-refractivity contribution < 1.29 is 22.4 Å². The summed E-state index contributed by atoms with van der Waals surface area (Å²) in [6.07, 6.45) is -2.04. The highest BCUT2D eigenvalue weighted by molar-refractivity contribution is 5.57. The van der Waals surface area contributed by atoms with E-state index >= 15 is 0 Å². The molecule has 3 rings (SSSR count). The lowest BCUT2D eigenvalue weighted by Gasteiger charge is -2.21. The molecule has 0 saturated carbocycles. The zero-order chi connectivity index (χ0) is 22.9. The lowest BCUT2D eigenvalue weighted by molar-refractivity contribution is -0.142. The van der Waals surface area contributed by atoms with Crippen LogP contribution < -0.4 is 4.90 Å². The van der Waals surface area contributed by atoms with E-state index in [4.69, 9.17) is 0 Å². The molecule has 2 heterocycles. The third-order valence-electron chi connectivity index (χ3n) is 5.42. The minimum Gasteiger partial charge on any atom is -0.372 e. The molecule has 0 aliphatic rings. The number of aldehydes is 1. The molecular formula is C21H23F4N5O. The van der Waals surface area contributed by atoms with Crippen LogP contribution in [0.3, 0.4) is 0 Å². The summed E-state index contributed by atoms with van der Waals surface area (Å²) >= 11 is 0. The van der Waals surface area contributed by atoms with Gasteiger partial charge in [-0.1, -0.05) is 0 Å². The minimum atomic E-state index is -4.57. The highest BCUT2D eigenvalue weighted by Gasteiger charge is 2.37. The summed E-state index contributed by atoms with van der Waals surface area (Å²) in [4.78, 5) is 13.5. The van der Waals surface area contributed by atoms with Crippen LogP contribution in [-0.4, -0.2) is 39.4 Å². The predicted octanol–water partition coefficient (Wildman–Crippen LogP) is 4.42. The average molecular weight is 437 g/mol. The van der Waals surface area contributed by atoms with Gasteiger partial charge in [0, 0.05) is 24.8 Å². The Balaban J connectivity index is 1.76. The van der Waals surface area contributed by atoms with Crippen molar-refractivity contribution in [2.45, 2.75) is 39.4 Å². The number of carbonyl (C=O) groups is 1. The molecule has 0 saturated heterocycles. The molecule has 6 nitrogen and oxygen atoms in total. The largest absolute Gasteiger partial charge is 0.435 e. The maximum absolute atomic E-state index is 13.2. The Morgan fingerprint density at radius 2 is 1.77 bits per heavy atom. The summed E-state index contributed by atoms with van der Waals surface area (Å²) in [7, 11) is 1.81. The second kappa shape index (κ2) is 8.52. The molecule has 166 valence electrons. The van der Waals surface area contributed by atoms with Gasteiger partial charge in [-0.3, -0.25) is 4.68 Å². The van der Waals surface area contributed by atoms with E-state index in [1.165, 1.54) is 26.0 Å². The summed E-state index contributed by atoms with van der Waals surface area (Å²) < 4.78 is 55.4. The number of benzene rings is 1. The number of rotatable bonds is 7. The van der Waals surface area contributed by atoms with E-state index < -0.39 is 17.9 Å². The Morgan fingerprint density at radius 3 is 2.32 bits per heavy atom. The molecule has 1 unspecified atom stereocenters. The van der Waals surface area contributed by atoms with E-state index in [1.54, 1.807) is 23.0 Å². The number of nitrogens with zero attached hydrogens (tertiary/aromatic N) is 5. The number of anilines is 1. The van der Waals surface area contributed by atoms with Crippen molar-refractivity contribution in [3.05, 3.63) is 58.9 Å². The van der Waals surface area contributed by atoms with Crippen LogP contribution in [-0.2, 0) is 11.0 Å². The first kappa shape index (κ1) is 22.5. The Bertz CT molecular complexity index is 1070. The molecule has 0 spiro atoms. The molecular weight excluding hydrogens is 414 g/mol. The normalized spacial score (nSPS) is 12.8. The molecule has 1 atom stereocenters. The average Bonchev–Trinajstić information content (AvgIpc) is 3.24. The van der Waals surface area contributed by atoms with Gasteiger partial charge < -0.3 is 9.69 Å². The second-order valence-electron chi connectivity index (χ2n) is 7.42. The molecule has 1 aromatic carbocycles. The maximum Gasteiger partial charge on any atom is 0.435 e. The highest BCUT2D eigenvalue weighted by atomic mass is 19.4. The Kier molecular flexibility index (Phi) is 6.19. The summed E-state index contributed by atoms with van der Waals surface area (Å²) in [5.41, 5.74) is 1.66. The predicted molar refractivity (Wildman–Crippen MR) is 108 cm³/mol. The van der Waals surface area contributed by atoms with Gasteiger partial charge in [-0.15, -0.1) is 0 Å². The fourth-order valence-corrected chi connectivity index (χ4v) is 3.51. The summed E-state index contributed by atoms with van der Waals surface area (Å²) in [6.45, 7) is 5.12. The topological polar surface area (TPSA) is 56.0 Å². The molecule has 0 aliphatic carbocycles. The first-order chi connectivity index (χ1) is 14.5. The van der Waals surface area contributed by atoms with Gasteiger partial charge in [-0.25, -0.2) is 9.07 Å². The molecule has 3 aromatic rings. The van der Waals surface area contributed by atoms with Gasteiger partial charge >= 0.3 is 6.18 Å². The molecule has 0 fully saturated rings. The monoisotopic (exact) mass is 437 g/mol. The van der Waals surface area contributed by atoms with Gasteiger partial charge in [-0.05, 0) is 51.5 Å². The molecule has 0 aliphatic heterocycles. The third-order valence-corrected chi connectivity index (χ3v) is 5.42. The van der Waals surface area contributed by atoms with E-state index in [2.05, 4.69) is 10.2 Å². The Morgan fingerprint density at radius 1 is 1.13 bits per heavy atom. The number of hydrogen-bond acceptors (Lipinski definition) is 4. The standard InChI is InChI=1S/C21H23F4N5O/c1-13-14(2)30(27-20(13)21(23,24)25)18(12-31)9-10-28(4)19-11-26-29(15(19)3)17-7-5-16(22)6-8-17/h5-8,11-12,18H,9-10H2,1-4H3. The van der Waals surface area contributed by atoms with Crippen molar-refractivity contribution in [2.75, 3.05) is 18.5 Å². The van der Waals surface area contributed by atoms with Crippen LogP contribution in [0, 0.1) is 26.6 Å². The van der Waals surface area contributed by atoms with Gasteiger partial charge in [-0.2, -0.15) is 23.4 Å². The van der Waals surface area contributed by atoms with Crippen LogP contribution >= 0.6 is 0 Å². The molecule has 0 amide bonds. The van der Waals surface area contributed by atoms with Crippen LogP contribution in [0.1, 0.15) is 35.1 Å². The van der Waals surface area contributed by atoms with Crippen molar-refractivity contribution in [3.63, 3.8) is 0 Å². The molecule has 0 N–H and O–H groups in total. The van der Waals surface area contributed by atoms with E-state index in [0.29, 0.717) is 24.2 Å². The lowest BCUT2D eigenvalue weighted by Crippen LogP contribution is -2.24. The van der Waals surface area contributed by atoms with E-state index in [9.17, 15) is 22.4 Å². The lowest BCUT2D eigenvalue weighted by atomic mass is 10.2. The number of hydrogen-bond donors (Lipinski definition) is 0. The van der Waals surface area contributed by atoms with Crippen LogP contribution in [0.5, 0.6) is 0 Å². The summed E-state index contributed by atoms with van der Waals surface area (Å²) in [5, 5.41) is 8.00. The summed E-state index contributed by atoms with van der Waals surface area (Å²) in [6, 6.07) is 5.09. The van der Waals surface area contributed by atoms with Crippen molar-refractivity contribution in [3.8, 4) is 5.69 Å². The maximum atomic E-state index is 13.2. The highest BCUT2D eigenvalue weighted by Crippen LogP contribution is 2.33. The molecule has 2 aromatic heterocycles. The van der Waals surface area contributed by atoms with Gasteiger partial charge in [0.15, 0.2) is 5.69 Å². The van der Waals surface area contributed by atoms with E-state index in [0.717, 1.165) is 16.1 Å². The molecule has 0 radical (unpaired) electrons. The van der Waals surface area contributed by atoms with Gasteiger partial charge in [0.05, 0.1) is 23.3 Å².